The molecule has 0 saturated heterocycles. The van der Waals surface area contributed by atoms with E-state index in [0.717, 1.165) is 10.4 Å². The van der Waals surface area contributed by atoms with Crippen LogP contribution in [0.5, 0.6) is 0 Å². The molecule has 0 atom stereocenters. The quantitative estimate of drug-likeness (QED) is 0.505. The van der Waals surface area contributed by atoms with Gasteiger partial charge in [-0.3, -0.25) is 4.79 Å². The molecule has 0 unspecified atom stereocenters. The number of nitrogens with zero attached hydrogens (tertiary/aromatic N) is 1. The second kappa shape index (κ2) is 5.46. The number of hydrogen-bond donors (Lipinski definition) is 2. The van der Waals surface area contributed by atoms with Gasteiger partial charge in [0.05, 0.1) is 6.21 Å². The number of rotatable bonds is 3. The van der Waals surface area contributed by atoms with Crippen LogP contribution in [0.4, 0.5) is 5.69 Å². The Balaban J connectivity index is 2.01. The van der Waals surface area contributed by atoms with Crippen LogP contribution >= 0.6 is 11.3 Å². The number of amides is 1. The van der Waals surface area contributed by atoms with E-state index in [1.54, 1.807) is 41.8 Å². The number of anilines is 1. The van der Waals surface area contributed by atoms with E-state index >= 15 is 0 Å². The summed E-state index contributed by atoms with van der Waals surface area (Å²) in [7, 11) is 0. The molecule has 1 aromatic carbocycles. The van der Waals surface area contributed by atoms with Crippen LogP contribution in [0.2, 0.25) is 0 Å². The normalized spacial score (nSPS) is 10.7. The molecule has 0 radical (unpaired) electrons. The number of benzene rings is 1. The molecule has 92 valence electrons. The molecule has 0 saturated carbocycles. The summed E-state index contributed by atoms with van der Waals surface area (Å²) in [5.74, 6) is -0.271. The maximum absolute atomic E-state index is 11.7. The molecule has 0 bridgehead atoms. The van der Waals surface area contributed by atoms with Crippen molar-refractivity contribution in [2.75, 3.05) is 5.73 Å². The topological polar surface area (TPSA) is 67.5 Å². The van der Waals surface area contributed by atoms with Crippen molar-refractivity contribution in [2.24, 2.45) is 5.10 Å². The summed E-state index contributed by atoms with van der Waals surface area (Å²) in [4.78, 5) is 12.8. The van der Waals surface area contributed by atoms with E-state index < -0.39 is 0 Å². The van der Waals surface area contributed by atoms with Crippen molar-refractivity contribution in [2.45, 2.75) is 6.92 Å². The molecule has 18 heavy (non-hydrogen) atoms. The number of hydrogen-bond acceptors (Lipinski definition) is 4. The number of nitrogens with two attached hydrogens (primary N) is 1. The lowest BCUT2D eigenvalue weighted by atomic mass is 10.2. The molecule has 3 N–H and O–H groups in total. The lowest BCUT2D eigenvalue weighted by molar-refractivity contribution is 0.0955. The fourth-order valence-corrected chi connectivity index (χ4v) is 2.20. The van der Waals surface area contributed by atoms with Crippen molar-refractivity contribution in [1.82, 2.24) is 5.43 Å². The number of nitrogen functional groups attached to an aromatic ring is 1. The highest BCUT2D eigenvalue weighted by Crippen LogP contribution is 2.12. The number of carbonyl (C=O) groups is 1. The molecule has 1 aromatic heterocycles. The third-order valence-electron chi connectivity index (χ3n) is 2.40. The Labute approximate surface area is 109 Å². The first-order chi connectivity index (χ1) is 8.66. The van der Waals surface area contributed by atoms with Crippen molar-refractivity contribution in [3.8, 4) is 0 Å². The zero-order valence-corrected chi connectivity index (χ0v) is 10.7. The summed E-state index contributed by atoms with van der Waals surface area (Å²) < 4.78 is 0. The fraction of sp³-hybridized carbons (Fsp3) is 0.0769. The van der Waals surface area contributed by atoms with Crippen LogP contribution < -0.4 is 11.2 Å². The molecular weight excluding hydrogens is 246 g/mol. The third kappa shape index (κ3) is 2.95. The number of aryl methyl sites for hydroxylation is 1. The summed E-state index contributed by atoms with van der Waals surface area (Å²) in [6.45, 7) is 2.00. The molecule has 1 amide bonds. The van der Waals surface area contributed by atoms with Crippen molar-refractivity contribution in [3.05, 3.63) is 51.7 Å². The number of thiophene rings is 1. The Kier molecular flexibility index (Phi) is 3.74. The molecule has 1 heterocycles. The maximum atomic E-state index is 11.7. The van der Waals surface area contributed by atoms with Gasteiger partial charge in [-0.1, -0.05) is 6.07 Å². The fourth-order valence-electron chi connectivity index (χ4n) is 1.41. The van der Waals surface area contributed by atoms with Crippen molar-refractivity contribution in [1.29, 1.82) is 0 Å². The molecule has 5 heteroatoms. The van der Waals surface area contributed by atoms with Crippen LogP contribution in [0.15, 0.2) is 40.8 Å². The SMILES string of the molecule is Cc1ccsc1/C=N\NC(=O)c1cccc(N)c1. The van der Waals surface area contributed by atoms with Gasteiger partial charge >= 0.3 is 0 Å². The van der Waals surface area contributed by atoms with Gasteiger partial charge in [0.25, 0.3) is 5.91 Å². The Hall–Kier alpha value is -2.14. The number of hydrazone groups is 1. The second-order valence-corrected chi connectivity index (χ2v) is 4.74. The van der Waals surface area contributed by atoms with E-state index in [2.05, 4.69) is 10.5 Å². The van der Waals surface area contributed by atoms with Gasteiger partial charge < -0.3 is 5.73 Å². The van der Waals surface area contributed by atoms with Crippen molar-refractivity contribution in [3.63, 3.8) is 0 Å². The molecular formula is C13H13N3OS. The van der Waals surface area contributed by atoms with Gasteiger partial charge in [0.15, 0.2) is 0 Å². The molecule has 4 nitrogen and oxygen atoms in total. The Morgan fingerprint density at radius 3 is 2.94 bits per heavy atom. The first kappa shape index (κ1) is 12.3. The Morgan fingerprint density at radius 1 is 1.44 bits per heavy atom. The minimum Gasteiger partial charge on any atom is -0.399 e. The smallest absolute Gasteiger partial charge is 0.271 e. The van der Waals surface area contributed by atoms with Gasteiger partial charge in [0.2, 0.25) is 0 Å². The predicted octanol–water partition coefficient (Wildman–Crippen LogP) is 2.40. The highest BCUT2D eigenvalue weighted by atomic mass is 32.1. The standard InChI is InChI=1S/C13H13N3OS/c1-9-5-6-18-12(9)8-15-16-13(17)10-3-2-4-11(14)7-10/h2-8H,14H2,1H3,(H,16,17)/b15-8-. The zero-order valence-electron chi connectivity index (χ0n) is 9.88. The largest absolute Gasteiger partial charge is 0.399 e. The highest BCUT2D eigenvalue weighted by Gasteiger charge is 2.03. The summed E-state index contributed by atoms with van der Waals surface area (Å²) in [6.07, 6.45) is 1.64. The minimum atomic E-state index is -0.271. The van der Waals surface area contributed by atoms with Gasteiger partial charge in [-0.15, -0.1) is 11.3 Å². The molecule has 0 aliphatic heterocycles. The summed E-state index contributed by atoms with van der Waals surface area (Å²) in [5.41, 5.74) is 10.3. The summed E-state index contributed by atoms with van der Waals surface area (Å²) in [6, 6.07) is 8.77. The van der Waals surface area contributed by atoms with Gasteiger partial charge in [0.1, 0.15) is 0 Å². The number of nitrogens with one attached hydrogen (secondary N) is 1. The molecule has 0 aliphatic carbocycles. The molecule has 2 rings (SSSR count). The van der Waals surface area contributed by atoms with E-state index in [0.29, 0.717) is 11.3 Å². The van der Waals surface area contributed by atoms with Crippen LogP contribution in [0.25, 0.3) is 0 Å². The van der Waals surface area contributed by atoms with E-state index in [1.165, 1.54) is 0 Å². The highest BCUT2D eigenvalue weighted by molar-refractivity contribution is 7.11. The van der Waals surface area contributed by atoms with Crippen molar-refractivity contribution >= 4 is 29.1 Å². The average Bonchev–Trinajstić information content (AvgIpc) is 2.75. The van der Waals surface area contributed by atoms with Gasteiger partial charge in [-0.25, -0.2) is 5.43 Å². The third-order valence-corrected chi connectivity index (χ3v) is 3.35. The van der Waals surface area contributed by atoms with E-state index in [1.807, 2.05) is 18.4 Å². The van der Waals surface area contributed by atoms with Crippen molar-refractivity contribution < 1.29 is 4.79 Å². The van der Waals surface area contributed by atoms with Crippen LogP contribution in [-0.2, 0) is 0 Å². The van der Waals surface area contributed by atoms with E-state index in [4.69, 9.17) is 5.73 Å². The first-order valence-corrected chi connectivity index (χ1v) is 6.28. The Morgan fingerprint density at radius 2 is 2.28 bits per heavy atom. The van der Waals surface area contributed by atoms with Gasteiger partial charge in [-0.2, -0.15) is 5.10 Å². The van der Waals surface area contributed by atoms with Crippen LogP contribution in [-0.4, -0.2) is 12.1 Å². The number of carbonyl (C=O) groups excluding carboxylic acids is 1. The summed E-state index contributed by atoms with van der Waals surface area (Å²) in [5, 5.41) is 5.91. The molecule has 2 aromatic rings. The lowest BCUT2D eigenvalue weighted by Gasteiger charge is -2.00. The second-order valence-electron chi connectivity index (χ2n) is 3.79. The summed E-state index contributed by atoms with van der Waals surface area (Å²) >= 11 is 1.58. The monoisotopic (exact) mass is 259 g/mol. The van der Waals surface area contributed by atoms with E-state index in [-0.39, 0.29) is 5.91 Å². The maximum Gasteiger partial charge on any atom is 0.271 e. The predicted molar refractivity (Wildman–Crippen MR) is 75.0 cm³/mol. The Bertz CT molecular complexity index is 589. The van der Waals surface area contributed by atoms with Gasteiger partial charge in [0, 0.05) is 16.1 Å². The first-order valence-electron chi connectivity index (χ1n) is 5.40. The zero-order chi connectivity index (χ0) is 13.0. The molecule has 0 fully saturated rings. The lowest BCUT2D eigenvalue weighted by Crippen LogP contribution is -2.17. The average molecular weight is 259 g/mol. The van der Waals surface area contributed by atoms with E-state index in [9.17, 15) is 4.79 Å². The van der Waals surface area contributed by atoms with Gasteiger partial charge in [-0.05, 0) is 42.1 Å². The molecule has 0 aliphatic rings. The minimum absolute atomic E-state index is 0.271. The van der Waals surface area contributed by atoms with Crippen LogP contribution in [0.1, 0.15) is 20.8 Å². The van der Waals surface area contributed by atoms with Crippen LogP contribution in [0, 0.1) is 6.92 Å². The molecule has 0 spiro atoms. The van der Waals surface area contributed by atoms with Crippen LogP contribution in [0.3, 0.4) is 0 Å².